The Bertz CT molecular complexity index is 1160. The first-order valence-electron chi connectivity index (χ1n) is 13.7. The molecule has 3 aromatic rings. The van der Waals surface area contributed by atoms with Crippen molar-refractivity contribution in [2.45, 2.75) is 44.2 Å². The molecule has 0 radical (unpaired) electrons. The van der Waals surface area contributed by atoms with Gasteiger partial charge in [-0.05, 0) is 91.3 Å². The van der Waals surface area contributed by atoms with Crippen LogP contribution in [-0.2, 0) is 11.3 Å². The van der Waals surface area contributed by atoms with Crippen molar-refractivity contribution in [3.8, 4) is 17.2 Å². The van der Waals surface area contributed by atoms with Crippen molar-refractivity contribution in [1.29, 1.82) is 0 Å². The predicted molar refractivity (Wildman–Crippen MR) is 149 cm³/mol. The van der Waals surface area contributed by atoms with Crippen LogP contribution in [0, 0.1) is 0 Å². The summed E-state index contributed by atoms with van der Waals surface area (Å²) in [7, 11) is 3.49. The second kappa shape index (κ2) is 12.5. The van der Waals surface area contributed by atoms with Crippen LogP contribution in [0.4, 0.5) is 0 Å². The van der Waals surface area contributed by atoms with Crippen LogP contribution in [0.3, 0.4) is 0 Å². The second-order valence-corrected chi connectivity index (χ2v) is 10.3. The average Bonchev–Trinajstić information content (AvgIpc) is 2.98. The number of hydrogen-bond acceptors (Lipinski definition) is 5. The first-order valence-corrected chi connectivity index (χ1v) is 13.7. The van der Waals surface area contributed by atoms with E-state index in [0.717, 1.165) is 62.8 Å². The van der Waals surface area contributed by atoms with Gasteiger partial charge in [-0.3, -0.25) is 9.69 Å². The summed E-state index contributed by atoms with van der Waals surface area (Å²) in [6.07, 6.45) is 5.02. The molecule has 1 heterocycles. The molecule has 0 unspecified atom stereocenters. The van der Waals surface area contributed by atoms with Gasteiger partial charge in [-0.1, -0.05) is 24.3 Å². The molecule has 3 aromatic carbocycles. The molecule has 6 heteroatoms. The molecule has 2 aliphatic rings. The van der Waals surface area contributed by atoms with Gasteiger partial charge in [0, 0.05) is 45.4 Å². The summed E-state index contributed by atoms with van der Waals surface area (Å²) in [5.41, 5.74) is 3.32. The van der Waals surface area contributed by atoms with Gasteiger partial charge in [-0.15, -0.1) is 0 Å². The fourth-order valence-corrected chi connectivity index (χ4v) is 5.52. The van der Waals surface area contributed by atoms with Crippen LogP contribution in [0.15, 0.2) is 72.8 Å². The van der Waals surface area contributed by atoms with Crippen molar-refractivity contribution in [3.63, 3.8) is 0 Å². The number of hydrogen-bond donors (Lipinski definition) is 0. The van der Waals surface area contributed by atoms with Gasteiger partial charge in [0.05, 0.1) is 13.2 Å². The van der Waals surface area contributed by atoms with Crippen LogP contribution in [-0.4, -0.2) is 62.2 Å². The third-order valence-electron chi connectivity index (χ3n) is 7.92. The number of benzene rings is 3. The van der Waals surface area contributed by atoms with Crippen LogP contribution in [0.2, 0.25) is 0 Å². The van der Waals surface area contributed by atoms with E-state index in [0.29, 0.717) is 17.6 Å². The molecule has 1 saturated heterocycles. The molecular weight excluding hydrogens is 476 g/mol. The maximum Gasteiger partial charge on any atom is 0.253 e. The second-order valence-electron chi connectivity index (χ2n) is 10.3. The standard InChI is InChI=1S/C32H38N2O4/c1-36-28-11-3-24(4-12-28)23-33-19-21-34(22-20-33)32(35)27-9-17-31(18-10-27)38-30-15-7-26(8-16-30)25-5-13-29(37-2)14-6-25/h3-4,7-12,15-18,25,29H,5-6,13-14,19-23H2,1-2H3. The van der Waals surface area contributed by atoms with Crippen molar-refractivity contribution in [2.24, 2.45) is 0 Å². The third kappa shape index (κ3) is 6.55. The molecule has 0 bridgehead atoms. The number of rotatable bonds is 8. The monoisotopic (exact) mass is 514 g/mol. The molecule has 200 valence electrons. The first kappa shape index (κ1) is 26.3. The summed E-state index contributed by atoms with van der Waals surface area (Å²) < 4.78 is 16.8. The van der Waals surface area contributed by atoms with E-state index in [1.807, 2.05) is 60.5 Å². The average molecular weight is 515 g/mol. The zero-order valence-corrected chi connectivity index (χ0v) is 22.5. The molecule has 1 saturated carbocycles. The van der Waals surface area contributed by atoms with E-state index < -0.39 is 0 Å². The third-order valence-corrected chi connectivity index (χ3v) is 7.92. The summed E-state index contributed by atoms with van der Waals surface area (Å²) in [6, 6.07) is 24.1. The van der Waals surface area contributed by atoms with Gasteiger partial charge in [0.25, 0.3) is 5.91 Å². The Labute approximate surface area is 226 Å². The Hall–Kier alpha value is -3.35. The smallest absolute Gasteiger partial charge is 0.253 e. The highest BCUT2D eigenvalue weighted by molar-refractivity contribution is 5.94. The van der Waals surface area contributed by atoms with Gasteiger partial charge in [0.2, 0.25) is 0 Å². The van der Waals surface area contributed by atoms with Gasteiger partial charge in [0.15, 0.2) is 0 Å². The van der Waals surface area contributed by atoms with Gasteiger partial charge in [0.1, 0.15) is 17.2 Å². The van der Waals surface area contributed by atoms with Crippen LogP contribution >= 0.6 is 0 Å². The van der Waals surface area contributed by atoms with Crippen LogP contribution in [0.1, 0.15) is 53.1 Å². The van der Waals surface area contributed by atoms with E-state index in [-0.39, 0.29) is 5.91 Å². The Morgan fingerprint density at radius 1 is 0.737 bits per heavy atom. The molecule has 1 aliphatic carbocycles. The Kier molecular flexibility index (Phi) is 8.61. The quantitative estimate of drug-likeness (QED) is 0.363. The minimum absolute atomic E-state index is 0.0770. The SMILES string of the molecule is COc1ccc(CN2CCN(C(=O)c3ccc(Oc4ccc(C5CCC(OC)CC5)cc4)cc3)CC2)cc1. The normalized spacial score (nSPS) is 20.2. The zero-order chi connectivity index (χ0) is 26.3. The molecule has 5 rings (SSSR count). The molecule has 1 amide bonds. The van der Waals surface area contributed by atoms with Gasteiger partial charge >= 0.3 is 0 Å². The van der Waals surface area contributed by atoms with E-state index in [9.17, 15) is 4.79 Å². The maximum absolute atomic E-state index is 13.1. The predicted octanol–water partition coefficient (Wildman–Crippen LogP) is 6.12. The first-order chi connectivity index (χ1) is 18.6. The van der Waals surface area contributed by atoms with Crippen molar-refractivity contribution < 1.29 is 19.0 Å². The highest BCUT2D eigenvalue weighted by Crippen LogP contribution is 2.35. The van der Waals surface area contributed by atoms with Gasteiger partial charge < -0.3 is 19.1 Å². The highest BCUT2D eigenvalue weighted by Gasteiger charge is 2.23. The number of ether oxygens (including phenoxy) is 3. The van der Waals surface area contributed by atoms with Crippen molar-refractivity contribution in [2.75, 3.05) is 40.4 Å². The lowest BCUT2D eigenvalue weighted by Crippen LogP contribution is -2.48. The highest BCUT2D eigenvalue weighted by atomic mass is 16.5. The topological polar surface area (TPSA) is 51.2 Å². The van der Waals surface area contributed by atoms with Gasteiger partial charge in [-0.2, -0.15) is 0 Å². The van der Waals surface area contributed by atoms with E-state index in [2.05, 4.69) is 29.2 Å². The largest absolute Gasteiger partial charge is 0.497 e. The van der Waals surface area contributed by atoms with E-state index in [1.54, 1.807) is 7.11 Å². The number of nitrogens with zero attached hydrogens (tertiary/aromatic N) is 2. The summed E-state index contributed by atoms with van der Waals surface area (Å²) in [5.74, 6) is 3.10. The lowest BCUT2D eigenvalue weighted by molar-refractivity contribution is 0.0628. The molecular formula is C32H38N2O4. The number of carbonyl (C=O) groups excluding carboxylic acids is 1. The van der Waals surface area contributed by atoms with Gasteiger partial charge in [-0.25, -0.2) is 0 Å². The zero-order valence-electron chi connectivity index (χ0n) is 22.5. The number of piperazine rings is 1. The summed E-state index contributed by atoms with van der Waals surface area (Å²) in [5, 5.41) is 0. The van der Waals surface area contributed by atoms with Crippen molar-refractivity contribution in [1.82, 2.24) is 9.80 Å². The minimum Gasteiger partial charge on any atom is -0.497 e. The fraction of sp³-hybridized carbons (Fsp3) is 0.406. The molecule has 0 aromatic heterocycles. The van der Waals surface area contributed by atoms with Crippen LogP contribution in [0.5, 0.6) is 17.2 Å². The Balaban J connectivity index is 1.09. The lowest BCUT2D eigenvalue weighted by atomic mass is 9.83. The number of methoxy groups -OCH3 is 2. The number of amides is 1. The van der Waals surface area contributed by atoms with Crippen molar-refractivity contribution in [3.05, 3.63) is 89.5 Å². The van der Waals surface area contributed by atoms with Crippen molar-refractivity contribution >= 4 is 5.91 Å². The summed E-state index contributed by atoms with van der Waals surface area (Å²) in [4.78, 5) is 17.4. The minimum atomic E-state index is 0.0770. The molecule has 2 fully saturated rings. The Morgan fingerprint density at radius 3 is 1.89 bits per heavy atom. The van der Waals surface area contributed by atoms with E-state index in [1.165, 1.54) is 24.0 Å². The molecule has 0 spiro atoms. The molecule has 0 atom stereocenters. The molecule has 1 aliphatic heterocycles. The molecule has 38 heavy (non-hydrogen) atoms. The summed E-state index contributed by atoms with van der Waals surface area (Å²) >= 11 is 0. The summed E-state index contributed by atoms with van der Waals surface area (Å²) in [6.45, 7) is 4.07. The lowest BCUT2D eigenvalue weighted by Gasteiger charge is -2.34. The molecule has 0 N–H and O–H groups in total. The van der Waals surface area contributed by atoms with E-state index in [4.69, 9.17) is 14.2 Å². The Morgan fingerprint density at radius 2 is 1.32 bits per heavy atom. The fourth-order valence-electron chi connectivity index (χ4n) is 5.52. The van der Waals surface area contributed by atoms with E-state index >= 15 is 0 Å². The van der Waals surface area contributed by atoms with Crippen LogP contribution < -0.4 is 9.47 Å². The molecule has 6 nitrogen and oxygen atoms in total. The maximum atomic E-state index is 13.1. The number of carbonyl (C=O) groups is 1. The van der Waals surface area contributed by atoms with Crippen LogP contribution in [0.25, 0.3) is 0 Å².